The highest BCUT2D eigenvalue weighted by Gasteiger charge is 2.27. The Morgan fingerprint density at radius 2 is 1.90 bits per heavy atom. The van der Waals surface area contributed by atoms with E-state index >= 15 is 0 Å². The van der Waals surface area contributed by atoms with Crippen LogP contribution in [0.25, 0.3) is 20.9 Å². The summed E-state index contributed by atoms with van der Waals surface area (Å²) in [6.07, 6.45) is 1.79. The Morgan fingerprint density at radius 3 is 2.67 bits per heavy atom. The van der Waals surface area contributed by atoms with Crippen LogP contribution in [0.2, 0.25) is 5.02 Å². The van der Waals surface area contributed by atoms with Crippen LogP contribution in [0.3, 0.4) is 0 Å². The number of pyridine rings is 1. The molecule has 9 heteroatoms. The van der Waals surface area contributed by atoms with Gasteiger partial charge < -0.3 is 9.80 Å². The van der Waals surface area contributed by atoms with E-state index in [-0.39, 0.29) is 5.91 Å². The van der Waals surface area contributed by atoms with Crippen LogP contribution in [0.1, 0.15) is 15.4 Å². The molecule has 152 valence electrons. The fourth-order valence-electron chi connectivity index (χ4n) is 3.48. The van der Waals surface area contributed by atoms with Gasteiger partial charge in [0.2, 0.25) is 0 Å². The minimum absolute atomic E-state index is 0.0453. The predicted octanol–water partition coefficient (Wildman–Crippen LogP) is 4.74. The molecule has 0 aliphatic carbocycles. The summed E-state index contributed by atoms with van der Waals surface area (Å²) >= 11 is 9.13. The zero-order chi connectivity index (χ0) is 20.7. The lowest BCUT2D eigenvalue weighted by molar-refractivity contribution is 0.0750. The molecule has 4 heterocycles. The van der Waals surface area contributed by atoms with Crippen molar-refractivity contribution in [2.45, 2.75) is 6.92 Å². The number of thiazole rings is 2. The Kier molecular flexibility index (Phi) is 5.14. The number of anilines is 1. The molecule has 1 amide bonds. The number of nitrogens with zero attached hydrogens (tertiary/aromatic N) is 5. The largest absolute Gasteiger partial charge is 0.344 e. The summed E-state index contributed by atoms with van der Waals surface area (Å²) in [7, 11) is 0. The molecule has 1 saturated heterocycles. The Bertz CT molecular complexity index is 1200. The number of carbonyl (C=O) groups excluding carboxylic acids is 1. The van der Waals surface area contributed by atoms with Crippen molar-refractivity contribution in [3.63, 3.8) is 0 Å². The molecule has 0 atom stereocenters. The summed E-state index contributed by atoms with van der Waals surface area (Å²) in [5.74, 6) is 0.0453. The second-order valence-electron chi connectivity index (χ2n) is 7.05. The van der Waals surface area contributed by atoms with E-state index in [0.29, 0.717) is 23.0 Å². The molecule has 0 bridgehead atoms. The molecule has 1 fully saturated rings. The predicted molar refractivity (Wildman–Crippen MR) is 123 cm³/mol. The number of amides is 1. The van der Waals surface area contributed by atoms with Gasteiger partial charge in [0.1, 0.15) is 20.2 Å². The van der Waals surface area contributed by atoms with E-state index in [1.54, 1.807) is 17.5 Å². The van der Waals surface area contributed by atoms with Gasteiger partial charge in [-0.15, -0.1) is 11.3 Å². The molecule has 0 spiro atoms. The van der Waals surface area contributed by atoms with E-state index in [4.69, 9.17) is 11.6 Å². The third kappa shape index (κ3) is 3.66. The van der Waals surface area contributed by atoms with Crippen LogP contribution in [-0.2, 0) is 0 Å². The van der Waals surface area contributed by atoms with Crippen molar-refractivity contribution in [3.8, 4) is 10.6 Å². The van der Waals surface area contributed by atoms with Gasteiger partial charge in [0.05, 0.1) is 5.69 Å². The van der Waals surface area contributed by atoms with E-state index in [1.165, 1.54) is 11.3 Å². The van der Waals surface area contributed by atoms with Gasteiger partial charge in [0.15, 0.2) is 5.13 Å². The van der Waals surface area contributed by atoms with E-state index in [9.17, 15) is 4.79 Å². The summed E-state index contributed by atoms with van der Waals surface area (Å²) < 4.78 is 0. The lowest BCUT2D eigenvalue weighted by Crippen LogP contribution is -2.48. The summed E-state index contributed by atoms with van der Waals surface area (Å²) in [5.41, 5.74) is 2.62. The quantitative estimate of drug-likeness (QED) is 0.446. The van der Waals surface area contributed by atoms with Crippen molar-refractivity contribution in [1.82, 2.24) is 19.9 Å². The van der Waals surface area contributed by atoms with Gasteiger partial charge in [-0.05, 0) is 31.2 Å². The van der Waals surface area contributed by atoms with E-state index in [2.05, 4.69) is 19.9 Å². The number of fused-ring (bicyclic) bond motifs is 1. The molecule has 6 nitrogen and oxygen atoms in total. The maximum absolute atomic E-state index is 13.1. The molecule has 1 aromatic carbocycles. The smallest absolute Gasteiger partial charge is 0.265 e. The number of piperazine rings is 1. The summed E-state index contributed by atoms with van der Waals surface area (Å²) in [6, 6.07) is 11.4. The number of halogens is 1. The van der Waals surface area contributed by atoms with Gasteiger partial charge in [-0.3, -0.25) is 4.79 Å². The van der Waals surface area contributed by atoms with Crippen LogP contribution in [-0.4, -0.2) is 51.9 Å². The zero-order valence-electron chi connectivity index (χ0n) is 16.2. The Hall–Kier alpha value is -2.55. The van der Waals surface area contributed by atoms with Crippen LogP contribution in [0.5, 0.6) is 0 Å². The highest BCUT2D eigenvalue weighted by Crippen LogP contribution is 2.31. The third-order valence-corrected chi connectivity index (χ3v) is 7.52. The fourth-order valence-corrected chi connectivity index (χ4v) is 5.66. The summed E-state index contributed by atoms with van der Waals surface area (Å²) in [4.78, 5) is 32.6. The minimum Gasteiger partial charge on any atom is -0.344 e. The Morgan fingerprint density at radius 1 is 1.07 bits per heavy atom. The van der Waals surface area contributed by atoms with Crippen molar-refractivity contribution in [3.05, 3.63) is 58.2 Å². The van der Waals surface area contributed by atoms with Gasteiger partial charge in [-0.25, -0.2) is 15.0 Å². The molecule has 4 aromatic rings. The SMILES string of the molecule is Cc1nc(-c2cccc(Cl)c2)sc1C(=O)N1CCN(c2nc3cccnc3s2)CC1. The lowest BCUT2D eigenvalue weighted by atomic mass is 10.2. The first-order valence-corrected chi connectivity index (χ1v) is 11.6. The molecule has 0 saturated carbocycles. The minimum atomic E-state index is 0.0453. The molecule has 0 N–H and O–H groups in total. The second kappa shape index (κ2) is 7.94. The molecule has 1 aliphatic heterocycles. The number of hydrogen-bond donors (Lipinski definition) is 0. The van der Waals surface area contributed by atoms with E-state index < -0.39 is 0 Å². The number of rotatable bonds is 3. The number of hydrogen-bond acceptors (Lipinski definition) is 7. The third-order valence-electron chi connectivity index (χ3n) is 5.05. The molecule has 0 unspecified atom stereocenters. The first-order chi connectivity index (χ1) is 14.6. The average Bonchev–Trinajstić information content (AvgIpc) is 3.37. The van der Waals surface area contributed by atoms with Crippen LogP contribution in [0.15, 0.2) is 42.6 Å². The van der Waals surface area contributed by atoms with Crippen molar-refractivity contribution in [1.29, 1.82) is 0 Å². The number of aryl methyl sites for hydroxylation is 1. The first kappa shape index (κ1) is 19.4. The average molecular weight is 456 g/mol. The van der Waals surface area contributed by atoms with Crippen LogP contribution < -0.4 is 4.90 Å². The first-order valence-electron chi connectivity index (χ1n) is 9.57. The highest BCUT2D eigenvalue weighted by molar-refractivity contribution is 7.21. The van der Waals surface area contributed by atoms with Gasteiger partial charge in [-0.1, -0.05) is 35.1 Å². The molecule has 5 rings (SSSR count). The maximum atomic E-state index is 13.1. The van der Waals surface area contributed by atoms with Crippen molar-refractivity contribution in [2.75, 3.05) is 31.1 Å². The normalized spacial score (nSPS) is 14.5. The Balaban J connectivity index is 1.30. The van der Waals surface area contributed by atoms with Crippen LogP contribution in [0, 0.1) is 6.92 Å². The standard InChI is InChI=1S/C21H18ClN5OS2/c1-13-17(29-18(24-13)14-4-2-5-15(22)12-14)20(28)26-8-10-27(11-9-26)21-25-16-6-3-7-23-19(16)30-21/h2-7,12H,8-11H2,1H3. The van der Waals surface area contributed by atoms with Gasteiger partial charge >= 0.3 is 0 Å². The van der Waals surface area contributed by atoms with Crippen LogP contribution in [0.4, 0.5) is 5.13 Å². The lowest BCUT2D eigenvalue weighted by Gasteiger charge is -2.34. The Labute approximate surface area is 186 Å². The van der Waals surface area contributed by atoms with Crippen molar-refractivity contribution < 1.29 is 4.79 Å². The maximum Gasteiger partial charge on any atom is 0.265 e. The fraction of sp³-hybridized carbons (Fsp3) is 0.238. The van der Waals surface area contributed by atoms with Gasteiger partial charge in [0, 0.05) is 43.0 Å². The monoisotopic (exact) mass is 455 g/mol. The second-order valence-corrected chi connectivity index (χ2v) is 9.44. The zero-order valence-corrected chi connectivity index (χ0v) is 18.6. The number of benzene rings is 1. The number of aromatic nitrogens is 3. The van der Waals surface area contributed by atoms with Gasteiger partial charge in [-0.2, -0.15) is 0 Å². The number of carbonyl (C=O) groups is 1. The molecule has 3 aromatic heterocycles. The van der Waals surface area contributed by atoms with Crippen LogP contribution >= 0.6 is 34.3 Å². The molecule has 1 aliphatic rings. The van der Waals surface area contributed by atoms with E-state index in [0.717, 1.165) is 44.8 Å². The molecule has 30 heavy (non-hydrogen) atoms. The van der Waals surface area contributed by atoms with Gasteiger partial charge in [0.25, 0.3) is 5.91 Å². The van der Waals surface area contributed by atoms with Crippen molar-refractivity contribution >= 4 is 55.7 Å². The highest BCUT2D eigenvalue weighted by atomic mass is 35.5. The molecular formula is C21H18ClN5OS2. The topological polar surface area (TPSA) is 62.2 Å². The van der Waals surface area contributed by atoms with Crippen molar-refractivity contribution in [2.24, 2.45) is 0 Å². The molecular weight excluding hydrogens is 438 g/mol. The van der Waals surface area contributed by atoms with E-state index in [1.807, 2.05) is 48.2 Å². The summed E-state index contributed by atoms with van der Waals surface area (Å²) in [5, 5.41) is 2.45. The summed E-state index contributed by atoms with van der Waals surface area (Å²) in [6.45, 7) is 4.72. The molecule has 0 radical (unpaired) electrons.